The lowest BCUT2D eigenvalue weighted by molar-refractivity contribution is -0.143. The van der Waals surface area contributed by atoms with Gasteiger partial charge in [-0.3, -0.25) is 9.59 Å². The smallest absolute Gasteiger partial charge is 0.305 e. The van der Waals surface area contributed by atoms with Crippen molar-refractivity contribution in [1.82, 2.24) is 5.32 Å². The fourth-order valence-electron chi connectivity index (χ4n) is 6.63. The van der Waals surface area contributed by atoms with Crippen LogP contribution in [0.25, 0.3) is 0 Å². The molecule has 0 heterocycles. The molecule has 0 saturated heterocycles. The molecule has 6 heteroatoms. The fraction of sp³-hybridized carbons (Fsp3) is 0.909. The standard InChI is InChI=1S/C44H85NO5/c1-3-5-7-9-11-13-15-16-17-18-22-26-30-34-38-44(49)50-39-35-31-27-23-19-21-25-29-33-37-43(48)45-41(40-46)42(47)36-32-28-24-20-14-12-10-8-6-4-2/h32,36,41-42,46-47H,3-31,33-35,37-40H2,1-2H3,(H,45,48)/b36-32+. The van der Waals surface area contributed by atoms with Crippen molar-refractivity contribution in [3.63, 3.8) is 0 Å². The summed E-state index contributed by atoms with van der Waals surface area (Å²) in [6.07, 6.45) is 43.4. The zero-order chi connectivity index (χ0) is 36.6. The maximum atomic E-state index is 12.3. The van der Waals surface area contributed by atoms with Gasteiger partial charge in [-0.1, -0.05) is 199 Å². The van der Waals surface area contributed by atoms with Gasteiger partial charge in [-0.2, -0.15) is 0 Å². The van der Waals surface area contributed by atoms with Crippen LogP contribution in [-0.2, 0) is 14.3 Å². The molecule has 2 unspecified atom stereocenters. The molecule has 0 aliphatic rings. The lowest BCUT2D eigenvalue weighted by Crippen LogP contribution is -2.45. The maximum absolute atomic E-state index is 12.3. The molecule has 0 aromatic rings. The van der Waals surface area contributed by atoms with Crippen LogP contribution in [0, 0.1) is 0 Å². The summed E-state index contributed by atoms with van der Waals surface area (Å²) in [6.45, 7) is 4.81. The van der Waals surface area contributed by atoms with Crippen LogP contribution in [0.3, 0.4) is 0 Å². The number of allylic oxidation sites excluding steroid dienone is 1. The van der Waals surface area contributed by atoms with Crippen LogP contribution >= 0.6 is 0 Å². The van der Waals surface area contributed by atoms with Gasteiger partial charge in [0.1, 0.15) is 0 Å². The van der Waals surface area contributed by atoms with Crippen molar-refractivity contribution in [3.05, 3.63) is 12.2 Å². The third-order valence-electron chi connectivity index (χ3n) is 10.1. The first-order chi connectivity index (χ1) is 24.5. The Kier molecular flexibility index (Phi) is 39.2. The molecule has 3 N–H and O–H groups in total. The van der Waals surface area contributed by atoms with Gasteiger partial charge in [0.05, 0.1) is 25.4 Å². The Bertz CT molecular complexity index is 742. The number of aliphatic hydroxyl groups is 2. The predicted molar refractivity (Wildman–Crippen MR) is 213 cm³/mol. The van der Waals surface area contributed by atoms with Crippen molar-refractivity contribution >= 4 is 11.9 Å². The summed E-state index contributed by atoms with van der Waals surface area (Å²) in [7, 11) is 0. The molecule has 0 aromatic heterocycles. The van der Waals surface area contributed by atoms with Crippen molar-refractivity contribution in [3.8, 4) is 0 Å². The van der Waals surface area contributed by atoms with Gasteiger partial charge in [-0.25, -0.2) is 0 Å². The number of aliphatic hydroxyl groups excluding tert-OH is 2. The van der Waals surface area contributed by atoms with Gasteiger partial charge >= 0.3 is 5.97 Å². The van der Waals surface area contributed by atoms with E-state index in [1.54, 1.807) is 6.08 Å². The van der Waals surface area contributed by atoms with E-state index >= 15 is 0 Å². The Labute approximate surface area is 310 Å². The molecule has 0 rings (SSSR count). The second-order valence-electron chi connectivity index (χ2n) is 15.0. The molecule has 0 fully saturated rings. The predicted octanol–water partition coefficient (Wildman–Crippen LogP) is 12.2. The van der Waals surface area contributed by atoms with Crippen molar-refractivity contribution in [2.75, 3.05) is 13.2 Å². The Balaban J connectivity index is 3.50. The second-order valence-corrected chi connectivity index (χ2v) is 15.0. The van der Waals surface area contributed by atoms with Gasteiger partial charge in [0.2, 0.25) is 5.91 Å². The Morgan fingerprint density at radius 2 is 0.920 bits per heavy atom. The van der Waals surface area contributed by atoms with Crippen molar-refractivity contribution < 1.29 is 24.5 Å². The summed E-state index contributed by atoms with van der Waals surface area (Å²) < 4.78 is 5.43. The number of esters is 1. The normalized spacial score (nSPS) is 12.8. The highest BCUT2D eigenvalue weighted by Gasteiger charge is 2.18. The highest BCUT2D eigenvalue weighted by atomic mass is 16.5. The molecule has 0 bridgehead atoms. The van der Waals surface area contributed by atoms with Crippen LogP contribution < -0.4 is 5.32 Å². The maximum Gasteiger partial charge on any atom is 0.305 e. The Morgan fingerprint density at radius 1 is 0.540 bits per heavy atom. The summed E-state index contributed by atoms with van der Waals surface area (Å²) >= 11 is 0. The molecule has 0 radical (unpaired) electrons. The van der Waals surface area contributed by atoms with E-state index in [2.05, 4.69) is 19.2 Å². The van der Waals surface area contributed by atoms with Gasteiger partial charge in [-0.15, -0.1) is 0 Å². The van der Waals surface area contributed by atoms with Crippen LogP contribution in [0.4, 0.5) is 0 Å². The number of hydrogen-bond donors (Lipinski definition) is 3. The highest BCUT2D eigenvalue weighted by Crippen LogP contribution is 2.15. The summed E-state index contributed by atoms with van der Waals surface area (Å²) in [4.78, 5) is 24.3. The quantitative estimate of drug-likeness (QED) is 0.0335. The van der Waals surface area contributed by atoms with E-state index in [-0.39, 0.29) is 18.5 Å². The van der Waals surface area contributed by atoms with Crippen molar-refractivity contribution in [1.29, 1.82) is 0 Å². The minimum absolute atomic E-state index is 0.0261. The van der Waals surface area contributed by atoms with Gasteiger partial charge in [0.15, 0.2) is 0 Å². The molecular formula is C44H85NO5. The highest BCUT2D eigenvalue weighted by molar-refractivity contribution is 5.76. The van der Waals surface area contributed by atoms with Crippen molar-refractivity contribution in [2.45, 2.75) is 244 Å². The minimum Gasteiger partial charge on any atom is -0.466 e. The molecule has 296 valence electrons. The summed E-state index contributed by atoms with van der Waals surface area (Å²) in [5.74, 6) is -0.123. The number of unbranched alkanes of at least 4 members (excludes halogenated alkanes) is 29. The van der Waals surface area contributed by atoms with E-state index < -0.39 is 12.1 Å². The fourth-order valence-corrected chi connectivity index (χ4v) is 6.63. The first kappa shape index (κ1) is 48.6. The van der Waals surface area contributed by atoms with Crippen LogP contribution in [0.5, 0.6) is 0 Å². The largest absolute Gasteiger partial charge is 0.466 e. The Hall–Kier alpha value is -1.40. The molecule has 2 atom stereocenters. The van der Waals surface area contributed by atoms with E-state index in [9.17, 15) is 19.8 Å². The number of ether oxygens (including phenoxy) is 1. The molecule has 0 aliphatic carbocycles. The molecule has 0 aliphatic heterocycles. The third-order valence-corrected chi connectivity index (χ3v) is 10.1. The van der Waals surface area contributed by atoms with E-state index in [0.29, 0.717) is 19.4 Å². The number of amides is 1. The topological polar surface area (TPSA) is 95.9 Å². The van der Waals surface area contributed by atoms with Crippen molar-refractivity contribution in [2.24, 2.45) is 0 Å². The number of carbonyl (C=O) groups excluding carboxylic acids is 2. The van der Waals surface area contributed by atoms with Crippen LogP contribution in [0.2, 0.25) is 0 Å². The van der Waals surface area contributed by atoms with Gasteiger partial charge in [0.25, 0.3) is 0 Å². The summed E-state index contributed by atoms with van der Waals surface area (Å²) in [5.41, 5.74) is 0. The molecule has 0 spiro atoms. The molecule has 1 amide bonds. The summed E-state index contributed by atoms with van der Waals surface area (Å²) in [5, 5.41) is 22.8. The van der Waals surface area contributed by atoms with Gasteiger partial charge in [0, 0.05) is 12.8 Å². The van der Waals surface area contributed by atoms with Crippen LogP contribution in [0.1, 0.15) is 232 Å². The number of hydrogen-bond acceptors (Lipinski definition) is 5. The van der Waals surface area contributed by atoms with Crippen LogP contribution in [0.15, 0.2) is 12.2 Å². The molecule has 50 heavy (non-hydrogen) atoms. The zero-order valence-corrected chi connectivity index (χ0v) is 33.4. The number of nitrogens with one attached hydrogen (secondary N) is 1. The second kappa shape index (κ2) is 40.4. The molecule has 6 nitrogen and oxygen atoms in total. The first-order valence-corrected chi connectivity index (χ1v) is 22.0. The lowest BCUT2D eigenvalue weighted by atomic mass is 10.0. The summed E-state index contributed by atoms with van der Waals surface area (Å²) in [6, 6.07) is -0.644. The van der Waals surface area contributed by atoms with Gasteiger partial charge in [-0.05, 0) is 32.1 Å². The van der Waals surface area contributed by atoms with E-state index in [1.807, 2.05) is 6.08 Å². The minimum atomic E-state index is -0.858. The van der Waals surface area contributed by atoms with Crippen LogP contribution in [-0.4, -0.2) is 47.4 Å². The van der Waals surface area contributed by atoms with E-state index in [1.165, 1.54) is 148 Å². The molecular weight excluding hydrogens is 622 g/mol. The Morgan fingerprint density at radius 3 is 1.36 bits per heavy atom. The number of carbonyl (C=O) groups is 2. The SMILES string of the molecule is CCCCCCCCCC/C=C/C(O)C(CO)NC(=O)CCCCCCCCCCCOC(=O)CCCCCCCCCCCCCCCC. The average Bonchev–Trinajstić information content (AvgIpc) is 3.11. The molecule has 0 saturated carbocycles. The van der Waals surface area contributed by atoms with E-state index in [4.69, 9.17) is 4.74 Å². The monoisotopic (exact) mass is 708 g/mol. The van der Waals surface area contributed by atoms with Gasteiger partial charge < -0.3 is 20.3 Å². The lowest BCUT2D eigenvalue weighted by Gasteiger charge is -2.20. The average molecular weight is 708 g/mol. The number of rotatable bonds is 40. The third kappa shape index (κ3) is 36.4. The zero-order valence-electron chi connectivity index (χ0n) is 33.4. The van der Waals surface area contributed by atoms with E-state index in [0.717, 1.165) is 57.8 Å². The first-order valence-electron chi connectivity index (χ1n) is 22.0. The molecule has 0 aromatic carbocycles.